The van der Waals surface area contributed by atoms with Gasteiger partial charge < -0.3 is 9.72 Å². The van der Waals surface area contributed by atoms with Gasteiger partial charge in [0.15, 0.2) is 0 Å². The fourth-order valence-corrected chi connectivity index (χ4v) is 4.69. The third-order valence-electron chi connectivity index (χ3n) is 5.66. The second-order valence-corrected chi connectivity index (χ2v) is 7.64. The van der Waals surface area contributed by atoms with Crippen LogP contribution in [0.3, 0.4) is 0 Å². The van der Waals surface area contributed by atoms with E-state index in [1.165, 1.54) is 7.11 Å². The molecule has 1 N–H and O–H groups in total. The first-order valence-corrected chi connectivity index (χ1v) is 8.17. The van der Waals surface area contributed by atoms with Gasteiger partial charge in [-0.2, -0.15) is 0 Å². The number of ether oxygens (including phenoxy) is 1. The monoisotopic (exact) mass is 305 g/mol. The van der Waals surface area contributed by atoms with E-state index in [0.29, 0.717) is 5.92 Å². The number of carbonyl (C=O) groups excluding carboxylic acids is 1. The molecule has 0 unspecified atom stereocenters. The predicted octanol–water partition coefficient (Wildman–Crippen LogP) is 2.30. The van der Waals surface area contributed by atoms with Crippen molar-refractivity contribution in [3.05, 3.63) is 17.2 Å². The van der Waals surface area contributed by atoms with Gasteiger partial charge in [0.1, 0.15) is 5.82 Å². The highest BCUT2D eigenvalue weighted by atomic mass is 16.5. The van der Waals surface area contributed by atoms with Crippen molar-refractivity contribution in [3.63, 3.8) is 0 Å². The third kappa shape index (κ3) is 2.18. The topological polar surface area (TPSA) is 58.2 Å². The van der Waals surface area contributed by atoms with E-state index in [-0.39, 0.29) is 16.8 Å². The first-order chi connectivity index (χ1) is 10.3. The summed E-state index contributed by atoms with van der Waals surface area (Å²) in [6, 6.07) is 0. The fourth-order valence-electron chi connectivity index (χ4n) is 4.69. The van der Waals surface area contributed by atoms with Gasteiger partial charge in [0.05, 0.1) is 18.2 Å². The number of nitrogens with zero attached hydrogens (tertiary/aromatic N) is 2. The molecule has 1 aliphatic carbocycles. The van der Waals surface area contributed by atoms with Gasteiger partial charge in [-0.05, 0) is 24.7 Å². The largest absolute Gasteiger partial charge is 0.469 e. The van der Waals surface area contributed by atoms with E-state index in [9.17, 15) is 4.79 Å². The number of fused-ring (bicyclic) bond motifs is 1. The number of aromatic amines is 1. The van der Waals surface area contributed by atoms with Crippen molar-refractivity contribution in [2.45, 2.75) is 47.1 Å². The number of esters is 1. The maximum absolute atomic E-state index is 12.3. The molecule has 122 valence electrons. The van der Waals surface area contributed by atoms with Crippen molar-refractivity contribution in [1.82, 2.24) is 14.9 Å². The van der Waals surface area contributed by atoms with E-state index < -0.39 is 0 Å². The van der Waals surface area contributed by atoms with Crippen LogP contribution in [0.1, 0.15) is 44.4 Å². The fraction of sp³-hybridized carbons (Fsp3) is 0.765. The zero-order valence-electron chi connectivity index (χ0n) is 14.3. The zero-order valence-corrected chi connectivity index (χ0v) is 14.3. The van der Waals surface area contributed by atoms with Crippen LogP contribution in [0.4, 0.5) is 0 Å². The van der Waals surface area contributed by atoms with Gasteiger partial charge in [-0.25, -0.2) is 4.98 Å². The molecule has 1 aliphatic heterocycles. The standard InChI is InChI=1S/C17H27N3O2/c1-6-14-18-11(2)12(19-14)7-20-8-13-16(3,4)9-17(13,10-20)15(21)22-5/h13H,6-10H2,1-5H3,(H,18,19)/t13-,17+/m1/s1. The van der Waals surface area contributed by atoms with Crippen molar-refractivity contribution in [2.24, 2.45) is 16.7 Å². The summed E-state index contributed by atoms with van der Waals surface area (Å²) in [6.07, 6.45) is 1.84. The van der Waals surface area contributed by atoms with Crippen LogP contribution in [0.25, 0.3) is 0 Å². The highest BCUT2D eigenvalue weighted by Crippen LogP contribution is 2.63. The molecule has 0 bridgehead atoms. The highest BCUT2D eigenvalue weighted by molar-refractivity contribution is 5.79. The van der Waals surface area contributed by atoms with Crippen molar-refractivity contribution in [1.29, 1.82) is 0 Å². The number of rotatable bonds is 4. The molecule has 1 saturated carbocycles. The molecule has 0 radical (unpaired) electrons. The van der Waals surface area contributed by atoms with Gasteiger partial charge in [0.25, 0.3) is 0 Å². The minimum Gasteiger partial charge on any atom is -0.469 e. The SMILES string of the molecule is CCc1nc(CN2C[C@@H]3C(C)(C)C[C@]3(C(=O)OC)C2)c(C)[nH]1. The quantitative estimate of drug-likeness (QED) is 0.867. The maximum Gasteiger partial charge on any atom is 0.313 e. The minimum absolute atomic E-state index is 0.0349. The highest BCUT2D eigenvalue weighted by Gasteiger charge is 2.67. The normalized spacial score (nSPS) is 30.0. The molecule has 2 heterocycles. The van der Waals surface area contributed by atoms with E-state index in [1.54, 1.807) is 0 Å². The molecule has 1 aromatic rings. The Hall–Kier alpha value is -1.36. The first kappa shape index (κ1) is 15.5. The van der Waals surface area contributed by atoms with E-state index in [0.717, 1.165) is 49.7 Å². The summed E-state index contributed by atoms with van der Waals surface area (Å²) in [5.41, 5.74) is 2.17. The lowest BCUT2D eigenvalue weighted by Gasteiger charge is -2.54. The summed E-state index contributed by atoms with van der Waals surface area (Å²) in [4.78, 5) is 22.7. The van der Waals surface area contributed by atoms with Crippen LogP contribution in [-0.4, -0.2) is 41.0 Å². The molecule has 0 spiro atoms. The van der Waals surface area contributed by atoms with Crippen molar-refractivity contribution in [2.75, 3.05) is 20.2 Å². The molecule has 2 atom stereocenters. The summed E-state index contributed by atoms with van der Waals surface area (Å²) < 4.78 is 5.11. The average Bonchev–Trinajstić information content (AvgIpc) is 2.98. The molecule has 0 aromatic carbocycles. The Labute approximate surface area is 132 Å². The number of methoxy groups -OCH3 is 1. The second-order valence-electron chi connectivity index (χ2n) is 7.64. The zero-order chi connectivity index (χ0) is 16.1. The summed E-state index contributed by atoms with van der Waals surface area (Å²) in [7, 11) is 1.51. The van der Waals surface area contributed by atoms with Crippen LogP contribution < -0.4 is 0 Å². The van der Waals surface area contributed by atoms with Crippen LogP contribution in [0.5, 0.6) is 0 Å². The van der Waals surface area contributed by atoms with Crippen LogP contribution in [0.15, 0.2) is 0 Å². The summed E-state index contributed by atoms with van der Waals surface area (Å²) in [6.45, 7) is 11.3. The lowest BCUT2D eigenvalue weighted by Crippen LogP contribution is -2.57. The average molecular weight is 305 g/mol. The van der Waals surface area contributed by atoms with Crippen molar-refractivity contribution < 1.29 is 9.53 Å². The van der Waals surface area contributed by atoms with Gasteiger partial charge >= 0.3 is 5.97 Å². The van der Waals surface area contributed by atoms with Gasteiger partial charge in [-0.15, -0.1) is 0 Å². The van der Waals surface area contributed by atoms with Gasteiger partial charge in [0, 0.05) is 31.7 Å². The lowest BCUT2D eigenvalue weighted by molar-refractivity contribution is -0.174. The Kier molecular flexibility index (Phi) is 3.59. The molecule has 2 aliphatic rings. The Balaban J connectivity index is 1.77. The van der Waals surface area contributed by atoms with Crippen molar-refractivity contribution in [3.8, 4) is 0 Å². The van der Waals surface area contributed by atoms with E-state index in [4.69, 9.17) is 4.74 Å². The number of hydrogen-bond acceptors (Lipinski definition) is 4. The van der Waals surface area contributed by atoms with Crippen LogP contribution in [0.2, 0.25) is 0 Å². The number of H-pyrrole nitrogens is 1. The van der Waals surface area contributed by atoms with Crippen molar-refractivity contribution >= 4 is 5.97 Å². The molecule has 2 fully saturated rings. The van der Waals surface area contributed by atoms with Crippen LogP contribution in [-0.2, 0) is 22.5 Å². The molecule has 5 heteroatoms. The van der Waals surface area contributed by atoms with Crippen LogP contribution >= 0.6 is 0 Å². The predicted molar refractivity (Wildman–Crippen MR) is 84.3 cm³/mol. The van der Waals surface area contributed by atoms with E-state index in [1.807, 2.05) is 0 Å². The molecular formula is C17H27N3O2. The molecule has 0 amide bonds. The number of likely N-dealkylation sites (tertiary alicyclic amines) is 1. The summed E-state index contributed by atoms with van der Waals surface area (Å²) in [5.74, 6) is 1.39. The maximum atomic E-state index is 12.3. The smallest absolute Gasteiger partial charge is 0.313 e. The summed E-state index contributed by atoms with van der Waals surface area (Å²) >= 11 is 0. The summed E-state index contributed by atoms with van der Waals surface area (Å²) in [5, 5.41) is 0. The molecule has 1 saturated heterocycles. The Morgan fingerprint density at radius 3 is 2.77 bits per heavy atom. The number of carbonyl (C=O) groups is 1. The lowest BCUT2D eigenvalue weighted by atomic mass is 9.48. The number of imidazole rings is 1. The van der Waals surface area contributed by atoms with E-state index >= 15 is 0 Å². The molecule has 3 rings (SSSR count). The number of aryl methyl sites for hydroxylation is 2. The Morgan fingerprint density at radius 1 is 1.50 bits per heavy atom. The van der Waals surface area contributed by atoms with Crippen LogP contribution in [0, 0.1) is 23.7 Å². The molecule has 22 heavy (non-hydrogen) atoms. The molecule has 5 nitrogen and oxygen atoms in total. The van der Waals surface area contributed by atoms with Gasteiger partial charge in [-0.3, -0.25) is 9.69 Å². The first-order valence-electron chi connectivity index (χ1n) is 8.17. The molecular weight excluding hydrogens is 278 g/mol. The van der Waals surface area contributed by atoms with Gasteiger partial charge in [0.2, 0.25) is 0 Å². The minimum atomic E-state index is -0.296. The van der Waals surface area contributed by atoms with Gasteiger partial charge in [-0.1, -0.05) is 20.8 Å². The Morgan fingerprint density at radius 2 is 2.23 bits per heavy atom. The van der Waals surface area contributed by atoms with E-state index in [2.05, 4.69) is 42.6 Å². The third-order valence-corrected chi connectivity index (χ3v) is 5.66. The number of nitrogens with one attached hydrogen (secondary N) is 1. The molecule has 1 aromatic heterocycles. The Bertz CT molecular complexity index is 593. The number of aromatic nitrogens is 2. The second kappa shape index (κ2) is 5.08. The number of hydrogen-bond donors (Lipinski definition) is 1.